The van der Waals surface area contributed by atoms with Gasteiger partial charge in [-0.25, -0.2) is 6.07 Å². The molecule has 2 aliphatic carbocycles. The third kappa shape index (κ3) is 9.87. The Morgan fingerprint density at radius 3 is 1.92 bits per heavy atom. The normalized spacial score (nSPS) is 15.2. The molecule has 3 aromatic rings. The summed E-state index contributed by atoms with van der Waals surface area (Å²) in [6.45, 7) is 20.3. The molecule has 0 heterocycles. The van der Waals surface area contributed by atoms with Crippen LogP contribution >= 0.6 is 0 Å². The second-order valence-corrected chi connectivity index (χ2v) is 16.1. The van der Waals surface area contributed by atoms with Gasteiger partial charge in [0.15, 0.2) is 0 Å². The Labute approximate surface area is 267 Å². The second kappa shape index (κ2) is 14.8. The van der Waals surface area contributed by atoms with Crippen molar-refractivity contribution in [1.29, 1.82) is 0 Å². The van der Waals surface area contributed by atoms with Crippen molar-refractivity contribution in [2.75, 3.05) is 0 Å². The first-order chi connectivity index (χ1) is 17.2. The van der Waals surface area contributed by atoms with Gasteiger partial charge in [-0.15, -0.1) is 5.56 Å². The first-order valence-electron chi connectivity index (χ1n) is 14.1. The third-order valence-electron chi connectivity index (χ3n) is 7.84. The average Bonchev–Trinajstić information content (AvgIpc) is 3.46. The predicted molar refractivity (Wildman–Crippen MR) is 160 cm³/mol. The fourth-order valence-electron chi connectivity index (χ4n) is 5.38. The summed E-state index contributed by atoms with van der Waals surface area (Å²) < 4.78 is 1.51. The molecule has 1 fully saturated rings. The van der Waals surface area contributed by atoms with Gasteiger partial charge in [-0.05, 0) is 17.4 Å². The van der Waals surface area contributed by atoms with Gasteiger partial charge in [-0.3, -0.25) is 0 Å². The van der Waals surface area contributed by atoms with E-state index in [4.69, 9.17) is 0 Å². The molecule has 0 spiro atoms. The van der Waals surface area contributed by atoms with Crippen LogP contribution in [0.25, 0.3) is 11.1 Å². The molecule has 5 rings (SSSR count). The molecule has 2 aliphatic rings. The van der Waals surface area contributed by atoms with Crippen LogP contribution in [0.1, 0.15) is 122 Å². The minimum Gasteiger partial charge on any atom is -1.00 e. The Hall–Kier alpha value is -0.877. The molecule has 0 bridgehead atoms. The monoisotopic (exact) mass is 640 g/mol. The number of halogens is 2. The predicted octanol–water partition coefficient (Wildman–Crippen LogP) is 4.03. The number of fused-ring (bicyclic) bond motifs is 3. The molecule has 0 unspecified atom stereocenters. The molecular weight excluding hydrogens is 595 g/mol. The third-order valence-corrected chi connectivity index (χ3v) is 7.84. The maximum Gasteiger partial charge on any atom is -1.00 e. The van der Waals surface area contributed by atoms with Crippen LogP contribution in [0, 0.1) is 6.07 Å². The van der Waals surface area contributed by atoms with Crippen molar-refractivity contribution in [2.45, 2.75) is 117 Å². The Bertz CT molecular complexity index is 1120. The van der Waals surface area contributed by atoms with Gasteiger partial charge in [0.1, 0.15) is 0 Å². The molecule has 0 nitrogen and oxygen atoms in total. The average molecular weight is 643 g/mol. The first-order valence-corrected chi connectivity index (χ1v) is 15.4. The summed E-state index contributed by atoms with van der Waals surface area (Å²) in [5.74, 6) is 0. The van der Waals surface area contributed by atoms with Crippen LogP contribution in [0.5, 0.6) is 0 Å². The van der Waals surface area contributed by atoms with Crippen LogP contribution in [0.2, 0.25) is 0 Å². The zero-order chi connectivity index (χ0) is 27.4. The van der Waals surface area contributed by atoms with Crippen molar-refractivity contribution in [3.05, 3.63) is 88.5 Å². The van der Waals surface area contributed by atoms with Gasteiger partial charge in [0.05, 0.1) is 0 Å². The Morgan fingerprint density at radius 2 is 1.41 bits per heavy atom. The van der Waals surface area contributed by atoms with E-state index in [1.807, 2.05) is 0 Å². The molecule has 0 radical (unpaired) electrons. The van der Waals surface area contributed by atoms with Gasteiger partial charge in [0.25, 0.3) is 0 Å². The van der Waals surface area contributed by atoms with E-state index >= 15 is 0 Å². The molecule has 0 atom stereocenters. The van der Waals surface area contributed by atoms with Crippen molar-refractivity contribution in [2.24, 2.45) is 0 Å². The van der Waals surface area contributed by atoms with Crippen molar-refractivity contribution < 1.29 is 49.0 Å². The van der Waals surface area contributed by atoms with Crippen LogP contribution in [-0.4, -0.2) is 3.21 Å². The summed E-state index contributed by atoms with van der Waals surface area (Å²) in [7, 11) is 0. The molecule has 39 heavy (non-hydrogen) atoms. The van der Waals surface area contributed by atoms with Crippen LogP contribution in [0.15, 0.2) is 54.6 Å². The Balaban J connectivity index is 0.000000360. The van der Waals surface area contributed by atoms with Crippen LogP contribution in [0.3, 0.4) is 0 Å². The minimum atomic E-state index is 0. The van der Waals surface area contributed by atoms with E-state index in [9.17, 15) is 0 Å². The zero-order valence-corrected chi connectivity index (χ0v) is 29.7. The number of rotatable bonds is 1. The van der Waals surface area contributed by atoms with E-state index in [0.717, 1.165) is 6.42 Å². The van der Waals surface area contributed by atoms with E-state index in [1.165, 1.54) is 68.7 Å². The van der Waals surface area contributed by atoms with Crippen molar-refractivity contribution in [3.63, 3.8) is 0 Å². The van der Waals surface area contributed by atoms with Gasteiger partial charge in [0.2, 0.25) is 0 Å². The summed E-state index contributed by atoms with van der Waals surface area (Å²) in [5.41, 5.74) is 10.8. The number of hydrogen-bond donors (Lipinski definition) is 0. The van der Waals surface area contributed by atoms with E-state index in [2.05, 4.69) is 123 Å². The van der Waals surface area contributed by atoms with E-state index in [0.29, 0.717) is 5.41 Å². The first kappa shape index (κ1) is 36.1. The molecule has 0 aliphatic heterocycles. The number of hydrogen-bond acceptors (Lipinski definition) is 0. The molecule has 3 aromatic carbocycles. The summed E-state index contributed by atoms with van der Waals surface area (Å²) in [6.07, 6.45) is 8.08. The van der Waals surface area contributed by atoms with Crippen molar-refractivity contribution in [3.8, 4) is 11.1 Å². The maximum atomic E-state index is 3.53. The maximum absolute atomic E-state index is 3.53. The van der Waals surface area contributed by atoms with Gasteiger partial charge in [-0.2, -0.15) is 53.1 Å². The second-order valence-electron chi connectivity index (χ2n) is 13.6. The summed E-state index contributed by atoms with van der Waals surface area (Å²) >= 11 is 1.55. The van der Waals surface area contributed by atoms with Crippen molar-refractivity contribution in [1.82, 2.24) is 0 Å². The fourth-order valence-corrected chi connectivity index (χ4v) is 5.38. The summed E-state index contributed by atoms with van der Waals surface area (Å²) in [4.78, 5) is 0. The van der Waals surface area contributed by atoms with Gasteiger partial charge in [-0.1, -0.05) is 121 Å². The molecule has 0 N–H and O–H groups in total. The molecule has 0 amide bonds. The van der Waals surface area contributed by atoms with Gasteiger partial charge in [0, 0.05) is 0 Å². The Morgan fingerprint density at radius 1 is 0.846 bits per heavy atom. The number of benzene rings is 2. The Kier molecular flexibility index (Phi) is 13.8. The molecule has 212 valence electrons. The van der Waals surface area contributed by atoms with Crippen LogP contribution in [0.4, 0.5) is 0 Å². The molecule has 0 saturated heterocycles. The molecule has 3 heteroatoms. The molecule has 0 aromatic heterocycles. The smallest absolute Gasteiger partial charge is 1.00 e. The molecule has 1 saturated carbocycles. The standard InChI is InChI=1S/C21H25.C12H17.C3H6.2ClH.Zr/c1-20(2,3)16-9-7-14-11-15-8-10-17(21(4,5)6)13-19(15)18(14)12-16;1-12(9-5-2-6-10-12)11-7-3-4-8-11;1-3-2;;;/h7,9-10,12-13H,11H2,1-6H3;3-4,7-8H,2,5-6,9-10H2,1H3;1-2H3;2*1H;/q2*-1;;;;+2/p-2. The quantitative estimate of drug-likeness (QED) is 0.275. The van der Waals surface area contributed by atoms with Crippen LogP contribution < -0.4 is 24.8 Å². The van der Waals surface area contributed by atoms with Crippen molar-refractivity contribution >= 4 is 3.21 Å². The van der Waals surface area contributed by atoms with Crippen LogP contribution in [-0.2, 0) is 46.9 Å². The fraction of sp³-hybridized carbons (Fsp3) is 0.500. The zero-order valence-electron chi connectivity index (χ0n) is 25.7. The largest absolute Gasteiger partial charge is 1.00 e. The summed E-state index contributed by atoms with van der Waals surface area (Å²) in [5, 5.41) is 0. The van der Waals surface area contributed by atoms with Gasteiger partial charge >= 0.3 is 41.3 Å². The van der Waals surface area contributed by atoms with E-state index in [-0.39, 0.29) is 35.6 Å². The summed E-state index contributed by atoms with van der Waals surface area (Å²) in [6, 6.07) is 24.0. The topological polar surface area (TPSA) is 0 Å². The molecular formula is C36H48Cl2Zr-2. The SMILES string of the molecule is CC(C)(C)c1c[c-]c2c(c1)-c1cc(C(C)(C)C)ccc1C2.CC1(c2cc[cH-]c2)CCCCC1.C[C](C)=[Zr+2].[Cl-].[Cl-]. The van der Waals surface area contributed by atoms with E-state index in [1.54, 1.807) is 29.8 Å². The van der Waals surface area contributed by atoms with E-state index < -0.39 is 0 Å². The van der Waals surface area contributed by atoms with Gasteiger partial charge < -0.3 is 24.8 Å². The minimum absolute atomic E-state index is 0.